The topological polar surface area (TPSA) is 53.3 Å². The third-order valence-electron chi connectivity index (χ3n) is 2.58. The van der Waals surface area contributed by atoms with E-state index < -0.39 is 0 Å². The average molecular weight is 224 g/mol. The molecule has 1 aliphatic rings. The Morgan fingerprint density at radius 3 is 3.25 bits per heavy atom. The van der Waals surface area contributed by atoms with Gasteiger partial charge in [-0.1, -0.05) is 0 Å². The molecule has 1 saturated heterocycles. The van der Waals surface area contributed by atoms with Crippen LogP contribution < -0.4 is 0 Å². The van der Waals surface area contributed by atoms with Gasteiger partial charge in [0.15, 0.2) is 6.23 Å². The molecule has 0 aliphatic carbocycles. The Bertz CT molecular complexity index is 356. The highest BCUT2D eigenvalue weighted by atomic mass is 16.5. The van der Waals surface area contributed by atoms with Gasteiger partial charge in [-0.3, -0.25) is 0 Å². The molecule has 5 nitrogen and oxygen atoms in total. The molecule has 2 rings (SSSR count). The molecular weight excluding hydrogens is 208 g/mol. The van der Waals surface area contributed by atoms with Crippen molar-refractivity contribution in [1.29, 1.82) is 0 Å². The summed E-state index contributed by atoms with van der Waals surface area (Å²) < 4.78 is 12.2. The number of carbonyl (C=O) groups is 1. The van der Waals surface area contributed by atoms with Gasteiger partial charge in [-0.05, 0) is 32.3 Å². The molecule has 0 aromatic carbocycles. The molecule has 0 spiro atoms. The smallest absolute Gasteiger partial charge is 0.356 e. The Labute approximate surface area is 94.3 Å². The minimum atomic E-state index is -0.339. The maximum Gasteiger partial charge on any atom is 0.356 e. The van der Waals surface area contributed by atoms with Gasteiger partial charge in [0.1, 0.15) is 5.69 Å². The Morgan fingerprint density at radius 2 is 2.56 bits per heavy atom. The molecule has 1 atom stereocenters. The first-order valence-corrected chi connectivity index (χ1v) is 5.65. The molecule has 1 aromatic rings. The van der Waals surface area contributed by atoms with Crippen LogP contribution in [0.15, 0.2) is 12.3 Å². The minimum Gasteiger partial charge on any atom is -0.461 e. The third-order valence-corrected chi connectivity index (χ3v) is 2.58. The van der Waals surface area contributed by atoms with Gasteiger partial charge in [-0.2, -0.15) is 5.10 Å². The molecular formula is C11H16N2O3. The molecule has 1 aromatic heterocycles. The van der Waals surface area contributed by atoms with Crippen LogP contribution in [0.25, 0.3) is 0 Å². The normalized spacial score (nSPS) is 20.7. The summed E-state index contributed by atoms with van der Waals surface area (Å²) in [6.45, 7) is 2.89. The SMILES string of the molecule is CCOC(=O)c1ccnn1C1CCCCO1. The maximum absolute atomic E-state index is 11.6. The average Bonchev–Trinajstić information content (AvgIpc) is 2.79. The van der Waals surface area contributed by atoms with Crippen molar-refractivity contribution in [2.24, 2.45) is 0 Å². The van der Waals surface area contributed by atoms with Gasteiger partial charge in [0.25, 0.3) is 0 Å². The summed E-state index contributed by atoms with van der Waals surface area (Å²) in [4.78, 5) is 11.6. The molecule has 5 heteroatoms. The Morgan fingerprint density at radius 1 is 1.69 bits per heavy atom. The van der Waals surface area contributed by atoms with Crippen molar-refractivity contribution in [2.75, 3.05) is 13.2 Å². The van der Waals surface area contributed by atoms with E-state index in [0.29, 0.717) is 12.3 Å². The van der Waals surface area contributed by atoms with Gasteiger partial charge in [0.05, 0.1) is 6.61 Å². The van der Waals surface area contributed by atoms with Crippen LogP contribution in [-0.4, -0.2) is 29.0 Å². The highest BCUT2D eigenvalue weighted by molar-refractivity contribution is 5.87. The van der Waals surface area contributed by atoms with Crippen LogP contribution in [-0.2, 0) is 9.47 Å². The number of carbonyl (C=O) groups excluding carboxylic acids is 1. The molecule has 0 saturated carbocycles. The van der Waals surface area contributed by atoms with Crippen LogP contribution in [0.1, 0.15) is 42.9 Å². The van der Waals surface area contributed by atoms with E-state index in [1.165, 1.54) is 0 Å². The zero-order valence-electron chi connectivity index (χ0n) is 9.39. The highest BCUT2D eigenvalue weighted by Gasteiger charge is 2.22. The molecule has 0 amide bonds. The monoisotopic (exact) mass is 224 g/mol. The minimum absolute atomic E-state index is 0.122. The van der Waals surface area contributed by atoms with Crippen LogP contribution in [0.5, 0.6) is 0 Å². The largest absolute Gasteiger partial charge is 0.461 e. The molecule has 1 aliphatic heterocycles. The Hall–Kier alpha value is -1.36. The van der Waals surface area contributed by atoms with Crippen LogP contribution in [0, 0.1) is 0 Å². The fourth-order valence-electron chi connectivity index (χ4n) is 1.83. The van der Waals surface area contributed by atoms with Gasteiger partial charge < -0.3 is 9.47 Å². The molecule has 0 radical (unpaired) electrons. The third kappa shape index (κ3) is 2.24. The summed E-state index contributed by atoms with van der Waals surface area (Å²) in [5.74, 6) is -0.339. The number of hydrogen-bond donors (Lipinski definition) is 0. The fourth-order valence-corrected chi connectivity index (χ4v) is 1.83. The van der Waals surface area contributed by atoms with Crippen LogP contribution in [0.3, 0.4) is 0 Å². The van der Waals surface area contributed by atoms with Gasteiger partial charge >= 0.3 is 5.97 Å². The van der Waals surface area contributed by atoms with E-state index in [4.69, 9.17) is 9.47 Å². The number of ether oxygens (including phenoxy) is 2. The zero-order valence-corrected chi connectivity index (χ0v) is 9.39. The molecule has 1 unspecified atom stereocenters. The van der Waals surface area contributed by atoms with Crippen molar-refractivity contribution in [3.05, 3.63) is 18.0 Å². The lowest BCUT2D eigenvalue weighted by Gasteiger charge is -2.23. The van der Waals surface area contributed by atoms with E-state index in [9.17, 15) is 4.79 Å². The van der Waals surface area contributed by atoms with Crippen molar-refractivity contribution >= 4 is 5.97 Å². The summed E-state index contributed by atoms with van der Waals surface area (Å²) in [5.41, 5.74) is 0.466. The summed E-state index contributed by atoms with van der Waals surface area (Å²) >= 11 is 0. The van der Waals surface area contributed by atoms with Crippen LogP contribution in [0.2, 0.25) is 0 Å². The van der Waals surface area contributed by atoms with Gasteiger partial charge in [0.2, 0.25) is 0 Å². The number of hydrogen-bond acceptors (Lipinski definition) is 4. The number of rotatable bonds is 3. The van der Waals surface area contributed by atoms with Gasteiger partial charge in [0, 0.05) is 12.8 Å². The van der Waals surface area contributed by atoms with E-state index >= 15 is 0 Å². The van der Waals surface area contributed by atoms with Crippen LogP contribution >= 0.6 is 0 Å². The number of aromatic nitrogens is 2. The maximum atomic E-state index is 11.6. The van der Waals surface area contributed by atoms with Crippen molar-refractivity contribution in [3.8, 4) is 0 Å². The summed E-state index contributed by atoms with van der Waals surface area (Å²) in [7, 11) is 0. The molecule has 1 fully saturated rings. The first-order valence-electron chi connectivity index (χ1n) is 5.65. The first-order chi connectivity index (χ1) is 7.83. The lowest BCUT2D eigenvalue weighted by Crippen LogP contribution is -2.23. The van der Waals surface area contributed by atoms with E-state index in [0.717, 1.165) is 25.9 Å². The van der Waals surface area contributed by atoms with E-state index in [1.54, 1.807) is 23.9 Å². The summed E-state index contributed by atoms with van der Waals surface area (Å²) in [6, 6.07) is 1.66. The highest BCUT2D eigenvalue weighted by Crippen LogP contribution is 2.23. The quantitative estimate of drug-likeness (QED) is 0.734. The van der Waals surface area contributed by atoms with Crippen molar-refractivity contribution in [2.45, 2.75) is 32.4 Å². The second-order valence-electron chi connectivity index (χ2n) is 3.70. The lowest BCUT2D eigenvalue weighted by molar-refractivity contribution is -0.0417. The Balaban J connectivity index is 2.14. The van der Waals surface area contributed by atoms with Crippen molar-refractivity contribution in [3.63, 3.8) is 0 Å². The zero-order chi connectivity index (χ0) is 11.4. The van der Waals surface area contributed by atoms with Crippen LogP contribution in [0.4, 0.5) is 0 Å². The standard InChI is InChI=1S/C11H16N2O3/c1-2-15-11(14)9-6-7-12-13(9)10-5-3-4-8-16-10/h6-7,10H,2-5,8H2,1H3. The second-order valence-corrected chi connectivity index (χ2v) is 3.70. The molecule has 88 valence electrons. The number of nitrogens with zero attached hydrogens (tertiary/aromatic N) is 2. The Kier molecular flexibility index (Phi) is 3.56. The van der Waals surface area contributed by atoms with E-state index in [-0.39, 0.29) is 12.2 Å². The van der Waals surface area contributed by atoms with Crippen molar-refractivity contribution < 1.29 is 14.3 Å². The van der Waals surface area contributed by atoms with Gasteiger partial charge in [-0.15, -0.1) is 0 Å². The summed E-state index contributed by atoms with van der Waals surface area (Å²) in [5, 5.41) is 4.13. The fraction of sp³-hybridized carbons (Fsp3) is 0.636. The first kappa shape index (κ1) is 11.1. The van der Waals surface area contributed by atoms with Crippen molar-refractivity contribution in [1.82, 2.24) is 9.78 Å². The van der Waals surface area contributed by atoms with E-state index in [1.807, 2.05) is 0 Å². The molecule has 16 heavy (non-hydrogen) atoms. The lowest BCUT2D eigenvalue weighted by atomic mass is 10.2. The molecule has 0 N–H and O–H groups in total. The van der Waals surface area contributed by atoms with Gasteiger partial charge in [-0.25, -0.2) is 9.48 Å². The predicted octanol–water partition coefficient (Wildman–Crippen LogP) is 1.76. The molecule has 0 bridgehead atoms. The molecule has 2 heterocycles. The predicted molar refractivity (Wildman–Crippen MR) is 57.0 cm³/mol. The second kappa shape index (κ2) is 5.12. The number of esters is 1. The summed E-state index contributed by atoms with van der Waals surface area (Å²) in [6.07, 6.45) is 4.56. The van der Waals surface area contributed by atoms with E-state index in [2.05, 4.69) is 5.10 Å².